The minimum Gasteiger partial charge on any atom is -0.508 e. The van der Waals surface area contributed by atoms with Crippen molar-refractivity contribution in [1.82, 2.24) is 0 Å². The normalized spacial score (nSPS) is 11.0. The summed E-state index contributed by atoms with van der Waals surface area (Å²) in [7, 11) is 0. The van der Waals surface area contributed by atoms with E-state index < -0.39 is 5.91 Å². The molecule has 0 aliphatic heterocycles. The Hall–Kier alpha value is -3.46. The fourth-order valence-corrected chi connectivity index (χ4v) is 3.12. The number of amides is 1. The maximum atomic E-state index is 12.5. The van der Waals surface area contributed by atoms with Crippen LogP contribution in [0, 0.1) is 11.3 Å². The van der Waals surface area contributed by atoms with Crippen molar-refractivity contribution < 1.29 is 19.4 Å². The van der Waals surface area contributed by atoms with Gasteiger partial charge in [-0.05, 0) is 61.4 Å². The molecule has 0 radical (unpaired) electrons. The highest BCUT2D eigenvalue weighted by molar-refractivity contribution is 6.09. The Kier molecular flexibility index (Phi) is 10.7. The standard InChI is InChI=1S/C26H32N2O4/c1-3-5-6-7-8-9-16-32-24-15-10-20(18-25(24)31-4-2)17-21(19-27)26(30)28-22-11-13-23(29)14-12-22/h10-15,17-18,29H,3-9,16H2,1-2H3,(H,28,30)/b21-17+. The number of hydrogen-bond donors (Lipinski definition) is 2. The van der Waals surface area contributed by atoms with E-state index in [9.17, 15) is 15.2 Å². The number of aromatic hydroxyl groups is 1. The second-order valence-corrected chi connectivity index (χ2v) is 7.43. The minimum atomic E-state index is -0.528. The molecule has 0 saturated carbocycles. The van der Waals surface area contributed by atoms with Crippen LogP contribution in [0.25, 0.3) is 6.08 Å². The summed E-state index contributed by atoms with van der Waals surface area (Å²) < 4.78 is 11.6. The Bertz CT molecular complexity index is 930. The third-order valence-electron chi connectivity index (χ3n) is 4.82. The van der Waals surface area contributed by atoms with Crippen LogP contribution in [0.4, 0.5) is 5.69 Å². The first-order valence-electron chi connectivity index (χ1n) is 11.2. The van der Waals surface area contributed by atoms with Gasteiger partial charge in [-0.2, -0.15) is 5.26 Å². The van der Waals surface area contributed by atoms with Gasteiger partial charge in [-0.1, -0.05) is 45.1 Å². The monoisotopic (exact) mass is 436 g/mol. The SMILES string of the molecule is CCCCCCCCOc1ccc(/C=C(\C#N)C(=O)Nc2ccc(O)cc2)cc1OCC. The van der Waals surface area contributed by atoms with Crippen LogP contribution < -0.4 is 14.8 Å². The Morgan fingerprint density at radius 3 is 2.41 bits per heavy atom. The van der Waals surface area contributed by atoms with E-state index in [2.05, 4.69) is 12.2 Å². The van der Waals surface area contributed by atoms with Gasteiger partial charge in [0.15, 0.2) is 11.5 Å². The van der Waals surface area contributed by atoms with Gasteiger partial charge in [0.2, 0.25) is 0 Å². The summed E-state index contributed by atoms with van der Waals surface area (Å²) in [5, 5.41) is 21.4. The van der Waals surface area contributed by atoms with Gasteiger partial charge >= 0.3 is 0 Å². The summed E-state index contributed by atoms with van der Waals surface area (Å²) in [6.07, 6.45) is 8.66. The van der Waals surface area contributed by atoms with Crippen molar-refractivity contribution in [2.24, 2.45) is 0 Å². The predicted octanol–water partition coefficient (Wildman–Crippen LogP) is 6.08. The van der Waals surface area contributed by atoms with Crippen molar-refractivity contribution >= 4 is 17.7 Å². The molecule has 2 aromatic carbocycles. The number of hydrogen-bond acceptors (Lipinski definition) is 5. The lowest BCUT2D eigenvalue weighted by Crippen LogP contribution is -2.13. The molecule has 32 heavy (non-hydrogen) atoms. The molecule has 0 saturated heterocycles. The molecule has 0 aliphatic rings. The fraction of sp³-hybridized carbons (Fsp3) is 0.385. The van der Waals surface area contributed by atoms with Gasteiger partial charge in [-0.25, -0.2) is 0 Å². The molecule has 2 N–H and O–H groups in total. The van der Waals surface area contributed by atoms with Crippen LogP contribution in [0.3, 0.4) is 0 Å². The number of unbranched alkanes of at least 4 members (excludes halogenated alkanes) is 5. The second kappa shape index (κ2) is 13.8. The maximum absolute atomic E-state index is 12.5. The van der Waals surface area contributed by atoms with E-state index in [-0.39, 0.29) is 11.3 Å². The van der Waals surface area contributed by atoms with Crippen LogP contribution in [0.5, 0.6) is 17.2 Å². The van der Waals surface area contributed by atoms with Gasteiger partial charge < -0.3 is 19.9 Å². The number of anilines is 1. The van der Waals surface area contributed by atoms with Crippen LogP contribution in [-0.4, -0.2) is 24.2 Å². The van der Waals surface area contributed by atoms with Crippen molar-refractivity contribution in [3.05, 3.63) is 53.6 Å². The van der Waals surface area contributed by atoms with Crippen molar-refractivity contribution in [3.8, 4) is 23.3 Å². The number of nitrogens with zero attached hydrogens (tertiary/aromatic N) is 1. The number of benzene rings is 2. The zero-order valence-corrected chi connectivity index (χ0v) is 18.9. The Morgan fingerprint density at radius 2 is 1.72 bits per heavy atom. The molecule has 0 atom stereocenters. The van der Waals surface area contributed by atoms with Crippen LogP contribution >= 0.6 is 0 Å². The van der Waals surface area contributed by atoms with Crippen molar-refractivity contribution in [3.63, 3.8) is 0 Å². The molecule has 170 valence electrons. The third kappa shape index (κ3) is 8.35. The molecule has 0 heterocycles. The number of nitriles is 1. The zero-order valence-electron chi connectivity index (χ0n) is 18.9. The fourth-order valence-electron chi connectivity index (χ4n) is 3.12. The largest absolute Gasteiger partial charge is 0.508 e. The van der Waals surface area contributed by atoms with Crippen LogP contribution in [0.2, 0.25) is 0 Å². The van der Waals surface area contributed by atoms with E-state index in [0.29, 0.717) is 36.0 Å². The van der Waals surface area contributed by atoms with Crippen molar-refractivity contribution in [2.75, 3.05) is 18.5 Å². The molecule has 0 spiro atoms. The summed E-state index contributed by atoms with van der Waals surface area (Å²) in [6.45, 7) is 5.21. The van der Waals surface area contributed by atoms with E-state index >= 15 is 0 Å². The summed E-state index contributed by atoms with van der Waals surface area (Å²) in [5.74, 6) is 0.814. The lowest BCUT2D eigenvalue weighted by molar-refractivity contribution is -0.112. The van der Waals surface area contributed by atoms with Crippen molar-refractivity contribution in [2.45, 2.75) is 52.4 Å². The maximum Gasteiger partial charge on any atom is 0.266 e. The molecule has 2 rings (SSSR count). The van der Waals surface area contributed by atoms with Crippen molar-refractivity contribution in [1.29, 1.82) is 5.26 Å². The number of phenols is 1. The molecular weight excluding hydrogens is 404 g/mol. The first-order chi connectivity index (χ1) is 15.6. The van der Waals surface area contributed by atoms with Gasteiger partial charge in [0.25, 0.3) is 5.91 Å². The molecule has 0 fully saturated rings. The third-order valence-corrected chi connectivity index (χ3v) is 4.82. The van der Waals surface area contributed by atoms with E-state index in [1.165, 1.54) is 43.9 Å². The minimum absolute atomic E-state index is 0.0405. The van der Waals surface area contributed by atoms with Gasteiger partial charge in [-0.3, -0.25) is 4.79 Å². The number of nitrogens with one attached hydrogen (secondary N) is 1. The molecule has 0 aliphatic carbocycles. The van der Waals surface area contributed by atoms with Gasteiger partial charge in [0.1, 0.15) is 17.4 Å². The highest BCUT2D eigenvalue weighted by atomic mass is 16.5. The molecule has 1 amide bonds. The summed E-state index contributed by atoms with van der Waals surface area (Å²) in [4.78, 5) is 12.5. The molecule has 2 aromatic rings. The average molecular weight is 437 g/mol. The van der Waals surface area contributed by atoms with Gasteiger partial charge in [-0.15, -0.1) is 0 Å². The number of ether oxygens (including phenoxy) is 2. The lowest BCUT2D eigenvalue weighted by atomic mass is 10.1. The molecule has 6 nitrogen and oxygen atoms in total. The molecule has 0 bridgehead atoms. The number of carbonyl (C=O) groups is 1. The van der Waals surface area contributed by atoms with E-state index in [1.807, 2.05) is 13.0 Å². The smallest absolute Gasteiger partial charge is 0.266 e. The Balaban J connectivity index is 2.03. The predicted molar refractivity (Wildman–Crippen MR) is 127 cm³/mol. The molecular formula is C26H32N2O4. The van der Waals surface area contributed by atoms with E-state index in [1.54, 1.807) is 30.3 Å². The Morgan fingerprint density at radius 1 is 1.00 bits per heavy atom. The molecule has 0 unspecified atom stereocenters. The Labute approximate surface area is 190 Å². The first-order valence-corrected chi connectivity index (χ1v) is 11.2. The lowest BCUT2D eigenvalue weighted by Gasteiger charge is -2.13. The van der Waals surface area contributed by atoms with Crippen LogP contribution in [-0.2, 0) is 4.79 Å². The van der Waals surface area contributed by atoms with E-state index in [0.717, 1.165) is 12.8 Å². The van der Waals surface area contributed by atoms with Crippen LogP contribution in [0.1, 0.15) is 57.9 Å². The molecule has 0 aromatic heterocycles. The number of rotatable bonds is 13. The highest BCUT2D eigenvalue weighted by Gasteiger charge is 2.12. The quantitative estimate of drug-likeness (QED) is 0.172. The topological polar surface area (TPSA) is 91.6 Å². The van der Waals surface area contributed by atoms with Crippen LogP contribution in [0.15, 0.2) is 48.0 Å². The summed E-state index contributed by atoms with van der Waals surface area (Å²) in [5.41, 5.74) is 1.11. The highest BCUT2D eigenvalue weighted by Crippen LogP contribution is 2.30. The number of phenolic OH excluding ortho intramolecular Hbond substituents is 1. The number of carbonyl (C=O) groups excluding carboxylic acids is 1. The first kappa shape index (κ1) is 24.8. The summed E-state index contributed by atoms with van der Waals surface area (Å²) >= 11 is 0. The summed E-state index contributed by atoms with van der Waals surface area (Å²) in [6, 6.07) is 13.4. The average Bonchev–Trinajstić information content (AvgIpc) is 2.79. The van der Waals surface area contributed by atoms with E-state index in [4.69, 9.17) is 9.47 Å². The van der Waals surface area contributed by atoms with Gasteiger partial charge in [0.05, 0.1) is 13.2 Å². The molecule has 6 heteroatoms. The zero-order chi connectivity index (χ0) is 23.2. The second-order valence-electron chi connectivity index (χ2n) is 7.43. The van der Waals surface area contributed by atoms with Gasteiger partial charge in [0, 0.05) is 5.69 Å².